The molecule has 2 saturated carbocycles. The van der Waals surface area contributed by atoms with E-state index in [0.29, 0.717) is 5.92 Å². The maximum Gasteiger partial charge on any atom is 0.228 e. The van der Waals surface area contributed by atoms with Crippen molar-refractivity contribution in [2.45, 2.75) is 77.3 Å². The van der Waals surface area contributed by atoms with Crippen LogP contribution in [-0.4, -0.2) is 37.0 Å². The van der Waals surface area contributed by atoms with Gasteiger partial charge in [0.1, 0.15) is 0 Å². The van der Waals surface area contributed by atoms with Crippen LogP contribution in [0.3, 0.4) is 0 Å². The largest absolute Gasteiger partial charge is 0.354 e. The smallest absolute Gasteiger partial charge is 0.228 e. The second-order valence-corrected chi connectivity index (χ2v) is 8.43. The molecular weight excluding hydrogens is 338 g/mol. The Kier molecular flexibility index (Phi) is 7.15. The van der Waals surface area contributed by atoms with Crippen LogP contribution in [0, 0.1) is 17.3 Å². The van der Waals surface area contributed by atoms with E-state index < -0.39 is 0 Å². The zero-order valence-electron chi connectivity index (χ0n) is 15.6. The summed E-state index contributed by atoms with van der Waals surface area (Å²) in [6.45, 7) is 5.80. The minimum absolute atomic E-state index is 0. The van der Waals surface area contributed by atoms with E-state index in [1.54, 1.807) is 0 Å². The fourth-order valence-electron chi connectivity index (χ4n) is 4.98. The van der Waals surface area contributed by atoms with Gasteiger partial charge in [0.05, 0.1) is 5.41 Å². The average molecular weight is 372 g/mol. The fourth-order valence-corrected chi connectivity index (χ4v) is 4.98. The summed E-state index contributed by atoms with van der Waals surface area (Å²) >= 11 is 0. The van der Waals surface area contributed by atoms with Crippen molar-refractivity contribution < 1.29 is 9.59 Å². The van der Waals surface area contributed by atoms with E-state index in [9.17, 15) is 9.59 Å². The van der Waals surface area contributed by atoms with Gasteiger partial charge in [-0.3, -0.25) is 9.59 Å². The van der Waals surface area contributed by atoms with Crippen LogP contribution in [0.15, 0.2) is 0 Å². The molecule has 5 nitrogen and oxygen atoms in total. The molecule has 1 saturated heterocycles. The van der Waals surface area contributed by atoms with Crippen LogP contribution in [0.25, 0.3) is 0 Å². The number of carbonyl (C=O) groups is 2. The number of hydrogen-bond acceptors (Lipinski definition) is 3. The minimum atomic E-state index is -0.189. The average Bonchev–Trinajstić information content (AvgIpc) is 2.99. The lowest BCUT2D eigenvalue weighted by atomic mass is 9.67. The van der Waals surface area contributed by atoms with Crippen LogP contribution in [-0.2, 0) is 9.59 Å². The summed E-state index contributed by atoms with van der Waals surface area (Å²) in [7, 11) is 0. The Morgan fingerprint density at radius 3 is 2.68 bits per heavy atom. The summed E-state index contributed by atoms with van der Waals surface area (Å²) in [6.07, 6.45) is 8.36. The molecule has 0 bridgehead atoms. The molecule has 1 heterocycles. The number of hydrogen-bond donors (Lipinski definition) is 3. The number of halogens is 1. The Bertz CT molecular complexity index is 485. The Morgan fingerprint density at radius 2 is 1.92 bits per heavy atom. The summed E-state index contributed by atoms with van der Waals surface area (Å²) in [5.74, 6) is 0.940. The third-order valence-corrected chi connectivity index (χ3v) is 6.30. The molecule has 0 aromatic heterocycles. The molecule has 3 aliphatic rings. The molecule has 0 aromatic carbocycles. The highest BCUT2D eigenvalue weighted by Crippen LogP contribution is 2.44. The topological polar surface area (TPSA) is 70.2 Å². The monoisotopic (exact) mass is 371 g/mol. The predicted molar refractivity (Wildman–Crippen MR) is 102 cm³/mol. The molecule has 1 aliphatic heterocycles. The van der Waals surface area contributed by atoms with Gasteiger partial charge in [0.15, 0.2) is 0 Å². The maximum atomic E-state index is 13.1. The quantitative estimate of drug-likeness (QED) is 0.710. The molecule has 144 valence electrons. The molecule has 3 rings (SSSR count). The van der Waals surface area contributed by atoms with E-state index in [1.165, 1.54) is 12.8 Å². The Morgan fingerprint density at radius 1 is 1.12 bits per heavy atom. The highest BCUT2D eigenvalue weighted by Gasteiger charge is 2.50. The van der Waals surface area contributed by atoms with Gasteiger partial charge in [0.25, 0.3) is 0 Å². The molecule has 25 heavy (non-hydrogen) atoms. The molecule has 6 heteroatoms. The lowest BCUT2D eigenvalue weighted by Crippen LogP contribution is -2.52. The zero-order chi connectivity index (χ0) is 17.2. The highest BCUT2D eigenvalue weighted by molar-refractivity contribution is 5.85. The number of rotatable bonds is 4. The second kappa shape index (κ2) is 8.72. The lowest BCUT2D eigenvalue weighted by Gasteiger charge is -2.39. The van der Waals surface area contributed by atoms with Crippen LogP contribution in [0.4, 0.5) is 0 Å². The van der Waals surface area contributed by atoms with Gasteiger partial charge in [-0.2, -0.15) is 0 Å². The molecule has 3 fully saturated rings. The Hall–Kier alpha value is -0.810. The molecule has 0 radical (unpaired) electrons. The van der Waals surface area contributed by atoms with E-state index in [-0.39, 0.29) is 47.6 Å². The number of carbonyl (C=O) groups excluding carboxylic acids is 2. The van der Waals surface area contributed by atoms with Gasteiger partial charge in [0, 0.05) is 24.5 Å². The van der Waals surface area contributed by atoms with E-state index in [1.807, 2.05) is 13.8 Å². The Labute approximate surface area is 157 Å². The first kappa shape index (κ1) is 20.5. The third-order valence-electron chi connectivity index (χ3n) is 6.30. The lowest BCUT2D eigenvalue weighted by molar-refractivity contribution is -0.136. The molecule has 2 amide bonds. The van der Waals surface area contributed by atoms with Crippen molar-refractivity contribution in [1.82, 2.24) is 16.0 Å². The third kappa shape index (κ3) is 4.48. The first-order valence-electron chi connectivity index (χ1n) is 9.83. The van der Waals surface area contributed by atoms with E-state index in [4.69, 9.17) is 0 Å². The second-order valence-electron chi connectivity index (χ2n) is 8.43. The number of amides is 2. The molecule has 3 N–H and O–H groups in total. The van der Waals surface area contributed by atoms with Gasteiger partial charge in [-0.05, 0) is 58.4 Å². The van der Waals surface area contributed by atoms with E-state index >= 15 is 0 Å². The molecule has 2 aliphatic carbocycles. The van der Waals surface area contributed by atoms with Gasteiger partial charge in [-0.25, -0.2) is 0 Å². The van der Waals surface area contributed by atoms with Crippen molar-refractivity contribution in [2.24, 2.45) is 17.3 Å². The first-order chi connectivity index (χ1) is 11.5. The normalized spacial score (nSPS) is 34.8. The van der Waals surface area contributed by atoms with Gasteiger partial charge < -0.3 is 16.0 Å². The molecule has 2 unspecified atom stereocenters. The number of fused-ring (bicyclic) bond motifs is 1. The first-order valence-corrected chi connectivity index (χ1v) is 9.83. The fraction of sp³-hybridized carbons (Fsp3) is 0.895. The van der Waals surface area contributed by atoms with E-state index in [2.05, 4.69) is 16.0 Å². The van der Waals surface area contributed by atoms with Gasteiger partial charge >= 0.3 is 0 Å². The van der Waals surface area contributed by atoms with Crippen LogP contribution in [0.1, 0.15) is 65.2 Å². The van der Waals surface area contributed by atoms with Crippen molar-refractivity contribution in [3.63, 3.8) is 0 Å². The Balaban J connectivity index is 0.00000225. The van der Waals surface area contributed by atoms with Crippen molar-refractivity contribution in [3.05, 3.63) is 0 Å². The summed E-state index contributed by atoms with van der Waals surface area (Å²) in [5.41, 5.74) is -0.189. The van der Waals surface area contributed by atoms with Crippen molar-refractivity contribution >= 4 is 24.2 Å². The molecule has 4 atom stereocenters. The summed E-state index contributed by atoms with van der Waals surface area (Å²) in [6, 6.07) is 0.339. The van der Waals surface area contributed by atoms with Crippen LogP contribution in [0.2, 0.25) is 0 Å². The number of nitrogens with one attached hydrogen (secondary N) is 3. The van der Waals surface area contributed by atoms with Crippen LogP contribution >= 0.6 is 12.4 Å². The van der Waals surface area contributed by atoms with Gasteiger partial charge in [-0.1, -0.05) is 19.3 Å². The molecule has 0 spiro atoms. The highest BCUT2D eigenvalue weighted by atomic mass is 35.5. The zero-order valence-corrected chi connectivity index (χ0v) is 16.4. The van der Waals surface area contributed by atoms with Crippen LogP contribution in [0.5, 0.6) is 0 Å². The van der Waals surface area contributed by atoms with Crippen molar-refractivity contribution in [3.8, 4) is 0 Å². The van der Waals surface area contributed by atoms with E-state index in [0.717, 1.165) is 51.6 Å². The SMILES string of the molecule is CC(C)NC(=O)C1CCCC(NC(=O)[C@@]23CCCC[C@H]2CNC3)C1.Cl. The van der Waals surface area contributed by atoms with Crippen LogP contribution < -0.4 is 16.0 Å². The molecule has 0 aromatic rings. The summed E-state index contributed by atoms with van der Waals surface area (Å²) < 4.78 is 0. The van der Waals surface area contributed by atoms with Crippen molar-refractivity contribution in [1.29, 1.82) is 0 Å². The summed E-state index contributed by atoms with van der Waals surface area (Å²) in [5, 5.41) is 9.80. The maximum absolute atomic E-state index is 13.1. The summed E-state index contributed by atoms with van der Waals surface area (Å²) in [4.78, 5) is 25.4. The predicted octanol–water partition coefficient (Wildman–Crippen LogP) is 2.39. The standard InChI is InChI=1S/C19H33N3O2.ClH/c1-13(2)21-17(23)14-6-5-8-16(10-14)22-18(24)19-9-4-3-7-15(19)11-20-12-19;/h13-16,20H,3-12H2,1-2H3,(H,21,23)(H,22,24);1H/t14?,15-,16?,19+;/m0./s1. The van der Waals surface area contributed by atoms with Gasteiger partial charge in [-0.15, -0.1) is 12.4 Å². The van der Waals surface area contributed by atoms with Gasteiger partial charge in [0.2, 0.25) is 11.8 Å². The molecular formula is C19H34ClN3O2. The minimum Gasteiger partial charge on any atom is -0.354 e. The van der Waals surface area contributed by atoms with Crippen molar-refractivity contribution in [2.75, 3.05) is 13.1 Å².